The predicted octanol–water partition coefficient (Wildman–Crippen LogP) is 13.1. The molecule has 0 heterocycles. The minimum atomic E-state index is -4.78. The maximum absolute atomic E-state index is 12.3. The second kappa shape index (κ2) is 45.2. The molecule has 0 radical (unpaired) electrons. The van der Waals surface area contributed by atoms with Crippen molar-refractivity contribution >= 4 is 25.7 Å². The van der Waals surface area contributed by atoms with Crippen LogP contribution in [0.3, 0.4) is 0 Å². The molecule has 0 rings (SSSR count). The number of aliphatic carboxylic acids is 1. The number of carbonyl (C=O) groups excluding carboxylic acids is 2. The number of carboxylic acid groups (broad SMARTS) is 1. The molecule has 0 saturated carbocycles. The molecular weight excluding hydrogens is 818 g/mol. The van der Waals surface area contributed by atoms with Crippen molar-refractivity contribution in [1.82, 2.24) is 5.32 Å². The van der Waals surface area contributed by atoms with E-state index in [1.54, 1.807) is 0 Å². The van der Waals surface area contributed by atoms with Gasteiger partial charge in [-0.25, -0.2) is 9.36 Å². The van der Waals surface area contributed by atoms with Crippen LogP contribution in [0, 0.1) is 0 Å². The van der Waals surface area contributed by atoms with E-state index >= 15 is 0 Å². The second-order valence-electron chi connectivity index (χ2n) is 15.9. The lowest BCUT2D eigenvalue weighted by molar-refractivity contribution is -0.147. The van der Waals surface area contributed by atoms with E-state index in [4.69, 9.17) is 13.8 Å². The molecule has 0 spiro atoms. The number of aliphatic hydroxyl groups is 1. The second-order valence-corrected chi connectivity index (χ2v) is 17.4. The van der Waals surface area contributed by atoms with Crippen LogP contribution in [-0.4, -0.2) is 64.9 Å². The zero-order valence-corrected chi connectivity index (χ0v) is 40.0. The van der Waals surface area contributed by atoms with Gasteiger partial charge in [0.15, 0.2) is 6.04 Å². The molecule has 63 heavy (non-hydrogen) atoms. The van der Waals surface area contributed by atoms with Crippen molar-refractivity contribution in [2.75, 3.05) is 19.8 Å². The van der Waals surface area contributed by atoms with E-state index in [2.05, 4.69) is 104 Å². The summed E-state index contributed by atoms with van der Waals surface area (Å²) in [6.07, 6.45) is 56.0. The normalized spacial score (nSPS) is 14.3. The lowest BCUT2D eigenvalue weighted by Gasteiger charge is -2.18. The van der Waals surface area contributed by atoms with Crippen LogP contribution in [0.5, 0.6) is 0 Å². The number of phosphoric acid groups is 1. The fourth-order valence-electron chi connectivity index (χ4n) is 6.19. The number of nitrogens with one attached hydrogen (secondary N) is 1. The SMILES string of the molecule is CC/C=C\C/C=C\C/C=C\C/C=C\C/C=C\C/C=C\CCCCC(=O)OCC(O)COP(=O)(O)OCC(NC(=O)CCCCCCCCC/C=C\CCCCCCCCC)C(=O)O. The van der Waals surface area contributed by atoms with Gasteiger partial charge in [-0.15, -0.1) is 0 Å². The summed E-state index contributed by atoms with van der Waals surface area (Å²) in [6.45, 7) is 2.43. The Bertz CT molecular complexity index is 1390. The zero-order chi connectivity index (χ0) is 46.3. The van der Waals surface area contributed by atoms with Crippen molar-refractivity contribution < 1.29 is 47.8 Å². The predicted molar refractivity (Wildman–Crippen MR) is 258 cm³/mol. The molecule has 0 bridgehead atoms. The maximum Gasteiger partial charge on any atom is 0.472 e. The Kier molecular flexibility index (Phi) is 42.8. The van der Waals surface area contributed by atoms with Gasteiger partial charge in [-0.3, -0.25) is 18.6 Å². The number of hydrogen-bond donors (Lipinski definition) is 4. The maximum atomic E-state index is 12.3. The Balaban J connectivity index is 3.95. The summed E-state index contributed by atoms with van der Waals surface area (Å²) in [5, 5.41) is 21.9. The quantitative estimate of drug-likeness (QED) is 0.0200. The van der Waals surface area contributed by atoms with Crippen LogP contribution in [0.15, 0.2) is 85.1 Å². The third-order valence-corrected chi connectivity index (χ3v) is 10.9. The molecule has 0 aliphatic heterocycles. The molecule has 0 fully saturated rings. The molecule has 0 aromatic rings. The molecule has 3 unspecified atom stereocenters. The largest absolute Gasteiger partial charge is 0.480 e. The topological polar surface area (TPSA) is 169 Å². The molecule has 0 aromatic carbocycles. The molecule has 3 atom stereocenters. The molecule has 0 aromatic heterocycles. The molecule has 0 aliphatic carbocycles. The van der Waals surface area contributed by atoms with Crippen molar-refractivity contribution in [2.45, 2.75) is 199 Å². The average Bonchev–Trinajstić information content (AvgIpc) is 3.26. The van der Waals surface area contributed by atoms with Crippen LogP contribution in [0.4, 0.5) is 0 Å². The number of aliphatic hydroxyl groups excluding tert-OH is 1. The molecule has 1 amide bonds. The number of unbranched alkanes of at least 4 members (excludes halogenated alkanes) is 16. The highest BCUT2D eigenvalue weighted by molar-refractivity contribution is 7.47. The minimum absolute atomic E-state index is 0.134. The molecule has 11 nitrogen and oxygen atoms in total. The van der Waals surface area contributed by atoms with E-state index in [-0.39, 0.29) is 12.8 Å². The molecule has 0 saturated heterocycles. The van der Waals surface area contributed by atoms with Gasteiger partial charge < -0.3 is 25.2 Å². The van der Waals surface area contributed by atoms with Crippen LogP contribution in [0.2, 0.25) is 0 Å². The van der Waals surface area contributed by atoms with Crippen molar-refractivity contribution in [3.05, 3.63) is 85.1 Å². The van der Waals surface area contributed by atoms with Gasteiger partial charge in [-0.1, -0.05) is 170 Å². The number of phosphoric ester groups is 1. The van der Waals surface area contributed by atoms with Crippen LogP contribution in [0.1, 0.15) is 187 Å². The Morgan fingerprint density at radius 3 is 1.41 bits per heavy atom. The minimum Gasteiger partial charge on any atom is -0.480 e. The van der Waals surface area contributed by atoms with Gasteiger partial charge in [0.25, 0.3) is 0 Å². The third-order valence-electron chi connectivity index (χ3n) is 9.92. The molecule has 0 aliphatic rings. The number of allylic oxidation sites excluding steroid dienone is 14. The summed E-state index contributed by atoms with van der Waals surface area (Å²) in [5.41, 5.74) is 0. The van der Waals surface area contributed by atoms with E-state index in [9.17, 15) is 34.1 Å². The average molecular weight is 904 g/mol. The Hall–Kier alpha value is -3.34. The van der Waals surface area contributed by atoms with Crippen molar-refractivity contribution in [2.24, 2.45) is 0 Å². The van der Waals surface area contributed by atoms with Gasteiger partial charge >= 0.3 is 19.8 Å². The van der Waals surface area contributed by atoms with Crippen LogP contribution in [0.25, 0.3) is 0 Å². The van der Waals surface area contributed by atoms with Crippen LogP contribution >= 0.6 is 7.82 Å². The first-order valence-corrected chi connectivity index (χ1v) is 25.6. The van der Waals surface area contributed by atoms with Crippen molar-refractivity contribution in [3.8, 4) is 0 Å². The van der Waals surface area contributed by atoms with Crippen molar-refractivity contribution in [1.29, 1.82) is 0 Å². The number of carbonyl (C=O) groups is 3. The molecular formula is C51H86NO10P. The number of amides is 1. The summed E-state index contributed by atoms with van der Waals surface area (Å²) >= 11 is 0. The number of esters is 1. The summed E-state index contributed by atoms with van der Waals surface area (Å²) in [7, 11) is -4.78. The van der Waals surface area contributed by atoms with E-state index in [0.717, 1.165) is 83.5 Å². The van der Waals surface area contributed by atoms with Crippen molar-refractivity contribution in [3.63, 3.8) is 0 Å². The monoisotopic (exact) mass is 904 g/mol. The van der Waals surface area contributed by atoms with E-state index in [1.807, 2.05) is 0 Å². The first-order chi connectivity index (χ1) is 30.6. The Morgan fingerprint density at radius 1 is 0.524 bits per heavy atom. The highest BCUT2D eigenvalue weighted by atomic mass is 31.2. The smallest absolute Gasteiger partial charge is 0.472 e. The van der Waals surface area contributed by atoms with Gasteiger partial charge in [0.2, 0.25) is 5.91 Å². The lowest BCUT2D eigenvalue weighted by Crippen LogP contribution is -2.43. The van der Waals surface area contributed by atoms with Gasteiger partial charge in [0.1, 0.15) is 12.7 Å². The highest BCUT2D eigenvalue weighted by Gasteiger charge is 2.28. The number of rotatable bonds is 44. The van der Waals surface area contributed by atoms with Crippen LogP contribution < -0.4 is 5.32 Å². The number of ether oxygens (including phenoxy) is 1. The molecule has 4 N–H and O–H groups in total. The fourth-order valence-corrected chi connectivity index (χ4v) is 6.97. The van der Waals surface area contributed by atoms with E-state index in [0.29, 0.717) is 12.8 Å². The van der Waals surface area contributed by atoms with Gasteiger partial charge in [-0.2, -0.15) is 0 Å². The third kappa shape index (κ3) is 45.0. The summed E-state index contributed by atoms with van der Waals surface area (Å²) < 4.78 is 26.9. The summed E-state index contributed by atoms with van der Waals surface area (Å²) in [4.78, 5) is 46.0. The van der Waals surface area contributed by atoms with Gasteiger partial charge in [0.05, 0.1) is 13.2 Å². The summed E-state index contributed by atoms with van der Waals surface area (Å²) in [6, 6.07) is -1.56. The Labute approximate surface area is 381 Å². The van der Waals surface area contributed by atoms with Gasteiger partial charge in [-0.05, 0) is 89.9 Å². The first kappa shape index (κ1) is 59.7. The van der Waals surface area contributed by atoms with Gasteiger partial charge in [0, 0.05) is 12.8 Å². The standard InChI is InChI=1S/C51H86NO10P/c1-3-5-7-9-11-13-15-17-19-21-23-24-25-27-29-31-33-35-37-39-41-43-50(55)60-44-47(53)45-61-63(58,59)62-46-48(51(56)57)52-49(54)42-40-38-36-34-32-30-28-26-22-20-18-16-14-12-10-8-6-4-2/h5,7,11,13,17,19-20,22-24,27,29,33,35,47-48,53H,3-4,6,8-10,12,14-16,18,21,25-26,28,30-32,34,36-46H2,1-2H3,(H,52,54)(H,56,57)(H,58,59)/b7-5-,13-11-,19-17-,22-20-,24-23-,29-27-,35-33-. The number of carboxylic acids is 1. The van der Waals surface area contributed by atoms with E-state index < -0.39 is 57.6 Å². The van der Waals surface area contributed by atoms with E-state index in [1.165, 1.54) is 64.2 Å². The lowest BCUT2D eigenvalue weighted by atomic mass is 10.1. The fraction of sp³-hybridized carbons (Fsp3) is 0.667. The zero-order valence-electron chi connectivity index (χ0n) is 39.1. The molecule has 12 heteroatoms. The number of hydrogen-bond acceptors (Lipinski definition) is 8. The molecule has 360 valence electrons. The summed E-state index contributed by atoms with van der Waals surface area (Å²) in [5.74, 6) is -2.43. The highest BCUT2D eigenvalue weighted by Crippen LogP contribution is 2.43. The van der Waals surface area contributed by atoms with Crippen LogP contribution in [-0.2, 0) is 32.7 Å². The first-order valence-electron chi connectivity index (χ1n) is 24.1. The Morgan fingerprint density at radius 2 is 0.921 bits per heavy atom.